The number of carbonyl (C=O) groups is 2. The van der Waals surface area contributed by atoms with Gasteiger partial charge in [-0.05, 0) is 37.3 Å². The van der Waals surface area contributed by atoms with Gasteiger partial charge in [0.15, 0.2) is 5.78 Å². The van der Waals surface area contributed by atoms with Crippen molar-refractivity contribution in [2.24, 2.45) is 0 Å². The zero-order valence-electron chi connectivity index (χ0n) is 14.4. The summed E-state index contributed by atoms with van der Waals surface area (Å²) in [6.45, 7) is 1.18. The largest absolute Gasteiger partial charge is 0.466 e. The Balaban J connectivity index is 2.43. The molecule has 0 N–H and O–H groups in total. The van der Waals surface area contributed by atoms with E-state index in [1.807, 2.05) is 0 Å². The second kappa shape index (κ2) is 9.21. The Hall–Kier alpha value is -2.09. The molecule has 0 spiro atoms. The third kappa shape index (κ3) is 5.69. The SMILES string of the molecule is CCOC(=O)CC(=O)CN(c1cc(Cl)cc(Cl)c1)S(=O)(=O)c1ccccc1. The molecule has 0 radical (unpaired) electrons. The van der Waals surface area contributed by atoms with Crippen LogP contribution < -0.4 is 4.31 Å². The van der Waals surface area contributed by atoms with Gasteiger partial charge < -0.3 is 4.74 Å². The van der Waals surface area contributed by atoms with Gasteiger partial charge in [-0.1, -0.05) is 41.4 Å². The van der Waals surface area contributed by atoms with E-state index in [2.05, 4.69) is 0 Å². The van der Waals surface area contributed by atoms with Gasteiger partial charge in [0, 0.05) is 10.0 Å². The van der Waals surface area contributed by atoms with E-state index in [4.69, 9.17) is 27.9 Å². The lowest BCUT2D eigenvalue weighted by Crippen LogP contribution is -2.36. The van der Waals surface area contributed by atoms with E-state index in [1.165, 1.54) is 30.3 Å². The molecular formula is C18H17Cl2NO5S. The Morgan fingerprint density at radius 1 is 1.04 bits per heavy atom. The molecule has 0 atom stereocenters. The number of ether oxygens (including phenoxy) is 1. The van der Waals surface area contributed by atoms with Crippen LogP contribution in [0.1, 0.15) is 13.3 Å². The summed E-state index contributed by atoms with van der Waals surface area (Å²) < 4.78 is 31.8. The molecule has 0 saturated heterocycles. The fourth-order valence-electron chi connectivity index (χ4n) is 2.31. The Kier molecular flexibility index (Phi) is 7.24. The first kappa shape index (κ1) is 21.2. The van der Waals surface area contributed by atoms with Gasteiger partial charge in [-0.15, -0.1) is 0 Å². The molecule has 0 bridgehead atoms. The van der Waals surface area contributed by atoms with Crippen LogP contribution in [0.5, 0.6) is 0 Å². The van der Waals surface area contributed by atoms with Crippen LogP contribution in [-0.4, -0.2) is 33.3 Å². The topological polar surface area (TPSA) is 80.8 Å². The van der Waals surface area contributed by atoms with Crippen molar-refractivity contribution in [3.63, 3.8) is 0 Å². The number of Topliss-reactive ketones (excluding diaryl/α,β-unsaturated/α-hetero) is 1. The number of nitrogens with zero attached hydrogens (tertiary/aromatic N) is 1. The number of anilines is 1. The van der Waals surface area contributed by atoms with Gasteiger partial charge in [0.1, 0.15) is 6.42 Å². The van der Waals surface area contributed by atoms with Crippen molar-refractivity contribution < 1.29 is 22.7 Å². The first-order chi connectivity index (χ1) is 12.7. The number of ketones is 1. The summed E-state index contributed by atoms with van der Waals surface area (Å²) in [5.41, 5.74) is 0.119. The molecule has 0 aliphatic heterocycles. The van der Waals surface area contributed by atoms with Crippen LogP contribution in [0, 0.1) is 0 Å². The molecule has 6 nitrogen and oxygen atoms in total. The van der Waals surface area contributed by atoms with Gasteiger partial charge in [0.25, 0.3) is 10.0 Å². The fourth-order valence-corrected chi connectivity index (χ4v) is 4.27. The molecule has 2 rings (SSSR count). The Morgan fingerprint density at radius 3 is 2.19 bits per heavy atom. The third-order valence-electron chi connectivity index (χ3n) is 3.43. The molecule has 0 fully saturated rings. The van der Waals surface area contributed by atoms with Gasteiger partial charge in [-0.25, -0.2) is 8.42 Å². The van der Waals surface area contributed by atoms with Gasteiger partial charge in [-0.3, -0.25) is 13.9 Å². The molecule has 0 aromatic heterocycles. The summed E-state index contributed by atoms with van der Waals surface area (Å²) in [6.07, 6.45) is -0.539. The molecule has 0 heterocycles. The summed E-state index contributed by atoms with van der Waals surface area (Å²) in [5.74, 6) is -1.34. The second-order valence-corrected chi connectivity index (χ2v) is 8.21. The first-order valence-electron chi connectivity index (χ1n) is 7.95. The lowest BCUT2D eigenvalue weighted by atomic mass is 10.2. The molecule has 0 aliphatic carbocycles. The highest BCUT2D eigenvalue weighted by atomic mass is 35.5. The summed E-state index contributed by atoms with van der Waals surface area (Å²) in [5, 5.41) is 0.423. The number of hydrogen-bond donors (Lipinski definition) is 0. The molecular weight excluding hydrogens is 413 g/mol. The van der Waals surface area contributed by atoms with Crippen LogP contribution in [0.25, 0.3) is 0 Å². The van der Waals surface area contributed by atoms with Crippen LogP contribution in [0.15, 0.2) is 53.4 Å². The molecule has 144 valence electrons. The van der Waals surface area contributed by atoms with Crippen molar-refractivity contribution in [1.82, 2.24) is 0 Å². The van der Waals surface area contributed by atoms with Crippen molar-refractivity contribution in [3.8, 4) is 0 Å². The average Bonchev–Trinajstić information content (AvgIpc) is 2.59. The molecule has 0 aliphatic rings. The molecule has 0 unspecified atom stereocenters. The normalized spacial score (nSPS) is 11.1. The zero-order valence-corrected chi connectivity index (χ0v) is 16.7. The maximum absolute atomic E-state index is 13.1. The predicted octanol–water partition coefficient (Wildman–Crippen LogP) is 3.71. The maximum atomic E-state index is 13.1. The Labute approximate surface area is 167 Å². The lowest BCUT2D eigenvalue weighted by molar-refractivity contribution is -0.145. The quantitative estimate of drug-likeness (QED) is 0.471. The fraction of sp³-hybridized carbons (Fsp3) is 0.222. The minimum Gasteiger partial charge on any atom is -0.466 e. The summed E-state index contributed by atoms with van der Waals surface area (Å²) in [7, 11) is -4.09. The number of hydrogen-bond acceptors (Lipinski definition) is 5. The van der Waals surface area contributed by atoms with Crippen LogP contribution >= 0.6 is 23.2 Å². The summed E-state index contributed by atoms with van der Waals surface area (Å²) in [6, 6.07) is 11.8. The minimum atomic E-state index is -4.09. The van der Waals surface area contributed by atoms with Crippen LogP contribution in [0.3, 0.4) is 0 Å². The number of sulfonamides is 1. The van der Waals surface area contributed by atoms with Crippen LogP contribution in [0.2, 0.25) is 10.0 Å². The maximum Gasteiger partial charge on any atom is 0.313 e. The Morgan fingerprint density at radius 2 is 1.63 bits per heavy atom. The van der Waals surface area contributed by atoms with E-state index in [0.29, 0.717) is 0 Å². The van der Waals surface area contributed by atoms with Crippen LogP contribution in [0.4, 0.5) is 5.69 Å². The molecule has 2 aromatic carbocycles. The third-order valence-corrected chi connectivity index (χ3v) is 5.66. The smallest absolute Gasteiger partial charge is 0.313 e. The van der Waals surface area contributed by atoms with Gasteiger partial charge >= 0.3 is 5.97 Å². The molecule has 0 saturated carbocycles. The van der Waals surface area contributed by atoms with Crippen LogP contribution in [-0.2, 0) is 24.3 Å². The standard InChI is InChI=1S/C18H17Cl2NO5S/c1-2-26-18(23)11-16(22)12-21(15-9-13(19)8-14(20)10-15)27(24,25)17-6-4-3-5-7-17/h3-10H,2,11-12H2,1H3. The van der Waals surface area contributed by atoms with Gasteiger partial charge in [0.2, 0.25) is 0 Å². The van der Waals surface area contributed by atoms with E-state index >= 15 is 0 Å². The van der Waals surface area contributed by atoms with Crippen molar-refractivity contribution in [3.05, 3.63) is 58.6 Å². The van der Waals surface area contributed by atoms with E-state index in [0.717, 1.165) is 4.31 Å². The Bertz CT molecular complexity index is 912. The number of halogens is 2. The first-order valence-corrected chi connectivity index (χ1v) is 10.1. The van der Waals surface area contributed by atoms with Crippen molar-refractivity contribution in [2.45, 2.75) is 18.2 Å². The van der Waals surface area contributed by atoms with Crippen molar-refractivity contribution in [2.75, 3.05) is 17.5 Å². The predicted molar refractivity (Wildman–Crippen MR) is 104 cm³/mol. The number of rotatable bonds is 8. The lowest BCUT2D eigenvalue weighted by Gasteiger charge is -2.24. The van der Waals surface area contributed by atoms with E-state index < -0.39 is 34.7 Å². The average molecular weight is 430 g/mol. The molecule has 0 amide bonds. The molecule has 9 heteroatoms. The minimum absolute atomic E-state index is 0.00923. The zero-order chi connectivity index (χ0) is 20.0. The molecule has 27 heavy (non-hydrogen) atoms. The van der Waals surface area contributed by atoms with Crippen molar-refractivity contribution >= 4 is 50.7 Å². The van der Waals surface area contributed by atoms with Gasteiger partial charge in [-0.2, -0.15) is 0 Å². The van der Waals surface area contributed by atoms with E-state index in [1.54, 1.807) is 25.1 Å². The highest BCUT2D eigenvalue weighted by Crippen LogP contribution is 2.29. The summed E-state index contributed by atoms with van der Waals surface area (Å²) >= 11 is 12.0. The second-order valence-electron chi connectivity index (χ2n) is 5.47. The molecule has 2 aromatic rings. The summed E-state index contributed by atoms with van der Waals surface area (Å²) in [4.78, 5) is 23.8. The highest BCUT2D eigenvalue weighted by Gasteiger charge is 2.28. The van der Waals surface area contributed by atoms with E-state index in [9.17, 15) is 18.0 Å². The number of carbonyl (C=O) groups excluding carboxylic acids is 2. The highest BCUT2D eigenvalue weighted by molar-refractivity contribution is 7.92. The van der Waals surface area contributed by atoms with E-state index in [-0.39, 0.29) is 27.2 Å². The number of esters is 1. The van der Waals surface area contributed by atoms with Gasteiger partial charge in [0.05, 0.1) is 23.7 Å². The monoisotopic (exact) mass is 429 g/mol. The van der Waals surface area contributed by atoms with Crippen molar-refractivity contribution in [1.29, 1.82) is 0 Å². The number of benzene rings is 2.